The Hall–Kier alpha value is -3.07. The smallest absolute Gasteiger partial charge is 0.258 e. The largest absolute Gasteiger partial charge is 0.376 e. The Bertz CT molecular complexity index is 958. The second-order valence-electron chi connectivity index (χ2n) is 6.45. The van der Waals surface area contributed by atoms with Crippen LogP contribution in [0.5, 0.6) is 0 Å². The predicted molar refractivity (Wildman–Crippen MR) is 95.4 cm³/mol. The number of rotatable bonds is 5. The van der Waals surface area contributed by atoms with Gasteiger partial charge in [-0.1, -0.05) is 5.16 Å². The van der Waals surface area contributed by atoms with Gasteiger partial charge >= 0.3 is 0 Å². The quantitative estimate of drug-likeness (QED) is 0.732. The lowest BCUT2D eigenvalue weighted by atomic mass is 10.2. The molecule has 9 heteroatoms. The van der Waals surface area contributed by atoms with Gasteiger partial charge in [0.15, 0.2) is 11.6 Å². The van der Waals surface area contributed by atoms with Crippen molar-refractivity contribution in [2.24, 2.45) is 0 Å². The van der Waals surface area contributed by atoms with Crippen LogP contribution in [0, 0.1) is 13.8 Å². The number of aromatic nitrogens is 5. The molecule has 0 unspecified atom stereocenters. The third kappa shape index (κ3) is 3.59. The third-order valence-electron chi connectivity index (χ3n) is 4.51. The zero-order valence-electron chi connectivity index (χ0n) is 15.2. The van der Waals surface area contributed by atoms with Gasteiger partial charge in [0.25, 0.3) is 11.8 Å². The fourth-order valence-electron chi connectivity index (χ4n) is 3.05. The minimum Gasteiger partial charge on any atom is -0.376 e. The number of hydrogen-bond donors (Lipinski definition) is 1. The monoisotopic (exact) mass is 368 g/mol. The summed E-state index contributed by atoms with van der Waals surface area (Å²) in [6.45, 7) is 4.86. The Labute approximate surface area is 155 Å². The third-order valence-corrected chi connectivity index (χ3v) is 4.51. The molecule has 3 aromatic rings. The summed E-state index contributed by atoms with van der Waals surface area (Å²) >= 11 is 0. The number of hydrogen-bond acceptors (Lipinski definition) is 7. The fourth-order valence-corrected chi connectivity index (χ4v) is 3.05. The van der Waals surface area contributed by atoms with Crippen molar-refractivity contribution in [3.05, 3.63) is 41.6 Å². The van der Waals surface area contributed by atoms with Crippen molar-refractivity contribution < 1.29 is 14.1 Å². The predicted octanol–water partition coefficient (Wildman–Crippen LogP) is 1.84. The van der Waals surface area contributed by atoms with E-state index in [1.54, 1.807) is 36.1 Å². The van der Waals surface area contributed by atoms with Gasteiger partial charge in [-0.05, 0) is 38.8 Å². The van der Waals surface area contributed by atoms with Crippen LogP contribution in [0.3, 0.4) is 0 Å². The Balaban J connectivity index is 1.54. The molecule has 1 amide bonds. The minimum absolute atomic E-state index is 0.0977. The van der Waals surface area contributed by atoms with E-state index in [2.05, 4.69) is 25.5 Å². The van der Waals surface area contributed by atoms with Gasteiger partial charge < -0.3 is 14.6 Å². The summed E-state index contributed by atoms with van der Waals surface area (Å²) in [4.78, 5) is 21.1. The number of ether oxygens (including phenoxy) is 1. The first-order valence-corrected chi connectivity index (χ1v) is 8.83. The molecule has 4 rings (SSSR count). The van der Waals surface area contributed by atoms with Gasteiger partial charge in [0.05, 0.1) is 23.6 Å². The number of amides is 1. The van der Waals surface area contributed by atoms with E-state index < -0.39 is 0 Å². The SMILES string of the molecule is Cc1noc(-c2ccnc(-n3ncc(C(=O)NC[C@@H]4CCCO4)c3C)c2)n1. The van der Waals surface area contributed by atoms with Crippen molar-refractivity contribution in [3.63, 3.8) is 0 Å². The Morgan fingerprint density at radius 1 is 1.41 bits per heavy atom. The van der Waals surface area contributed by atoms with Crippen molar-refractivity contribution in [3.8, 4) is 17.3 Å². The molecule has 1 fully saturated rings. The first-order chi connectivity index (χ1) is 13.1. The topological polar surface area (TPSA) is 108 Å². The molecule has 27 heavy (non-hydrogen) atoms. The van der Waals surface area contributed by atoms with Crippen LogP contribution >= 0.6 is 0 Å². The van der Waals surface area contributed by atoms with Crippen LogP contribution in [0.15, 0.2) is 29.0 Å². The number of carbonyl (C=O) groups is 1. The minimum atomic E-state index is -0.169. The molecule has 1 saturated heterocycles. The van der Waals surface area contributed by atoms with Gasteiger partial charge in [0, 0.05) is 24.9 Å². The molecule has 0 radical (unpaired) electrons. The lowest BCUT2D eigenvalue weighted by molar-refractivity contribution is 0.0857. The summed E-state index contributed by atoms with van der Waals surface area (Å²) in [6, 6.07) is 3.57. The van der Waals surface area contributed by atoms with Crippen molar-refractivity contribution in [2.75, 3.05) is 13.2 Å². The van der Waals surface area contributed by atoms with E-state index in [0.29, 0.717) is 35.3 Å². The molecule has 0 spiro atoms. The lowest BCUT2D eigenvalue weighted by Gasteiger charge is -2.10. The maximum Gasteiger partial charge on any atom is 0.258 e. The summed E-state index contributed by atoms with van der Waals surface area (Å²) in [6.07, 6.45) is 5.30. The second kappa shape index (κ2) is 7.28. The van der Waals surface area contributed by atoms with Crippen LogP contribution in [0.4, 0.5) is 0 Å². The molecular weight excluding hydrogens is 348 g/mol. The Morgan fingerprint density at radius 2 is 2.30 bits per heavy atom. The first kappa shape index (κ1) is 17.3. The second-order valence-corrected chi connectivity index (χ2v) is 6.45. The molecule has 3 aromatic heterocycles. The van der Waals surface area contributed by atoms with Crippen molar-refractivity contribution in [1.82, 2.24) is 30.2 Å². The molecule has 1 N–H and O–H groups in total. The zero-order valence-corrected chi connectivity index (χ0v) is 15.2. The van der Waals surface area contributed by atoms with E-state index in [1.807, 2.05) is 6.92 Å². The fraction of sp³-hybridized carbons (Fsp3) is 0.389. The average molecular weight is 368 g/mol. The number of pyridine rings is 1. The standard InChI is InChI=1S/C18H20N6O3/c1-11-15(17(25)20-9-14-4-3-7-26-14)10-21-24(11)16-8-13(5-6-19-16)18-22-12(2)23-27-18/h5-6,8,10,14H,3-4,7,9H2,1-2H3,(H,20,25)/t14-/m0/s1. The molecule has 1 aliphatic rings. The van der Waals surface area contributed by atoms with Gasteiger partial charge in [-0.2, -0.15) is 10.1 Å². The zero-order chi connectivity index (χ0) is 18.8. The highest BCUT2D eigenvalue weighted by molar-refractivity contribution is 5.95. The molecule has 140 valence electrons. The summed E-state index contributed by atoms with van der Waals surface area (Å²) in [7, 11) is 0. The molecular formula is C18H20N6O3. The Kier molecular flexibility index (Phi) is 4.68. The van der Waals surface area contributed by atoms with E-state index in [0.717, 1.165) is 25.0 Å². The van der Waals surface area contributed by atoms with E-state index in [1.165, 1.54) is 0 Å². The van der Waals surface area contributed by atoms with Crippen molar-refractivity contribution in [2.45, 2.75) is 32.8 Å². The summed E-state index contributed by atoms with van der Waals surface area (Å²) in [5.41, 5.74) is 1.94. The highest BCUT2D eigenvalue weighted by atomic mass is 16.5. The van der Waals surface area contributed by atoms with E-state index in [4.69, 9.17) is 9.26 Å². The van der Waals surface area contributed by atoms with E-state index in [-0.39, 0.29) is 12.0 Å². The van der Waals surface area contributed by atoms with Crippen LogP contribution in [-0.4, -0.2) is 50.1 Å². The molecule has 1 atom stereocenters. The maximum atomic E-state index is 12.5. The summed E-state index contributed by atoms with van der Waals surface area (Å²) in [5.74, 6) is 1.37. The highest BCUT2D eigenvalue weighted by Crippen LogP contribution is 2.20. The number of nitrogens with one attached hydrogen (secondary N) is 1. The van der Waals surface area contributed by atoms with Gasteiger partial charge in [-0.15, -0.1) is 0 Å². The summed E-state index contributed by atoms with van der Waals surface area (Å²) in [5, 5.41) is 11.0. The molecule has 4 heterocycles. The highest BCUT2D eigenvalue weighted by Gasteiger charge is 2.20. The van der Waals surface area contributed by atoms with Gasteiger partial charge in [-0.25, -0.2) is 9.67 Å². The van der Waals surface area contributed by atoms with Crippen molar-refractivity contribution >= 4 is 5.91 Å². The molecule has 0 aliphatic carbocycles. The van der Waals surface area contributed by atoms with E-state index >= 15 is 0 Å². The van der Waals surface area contributed by atoms with Crippen LogP contribution in [-0.2, 0) is 4.74 Å². The van der Waals surface area contributed by atoms with Crippen LogP contribution in [0.25, 0.3) is 17.3 Å². The van der Waals surface area contributed by atoms with Crippen LogP contribution < -0.4 is 5.32 Å². The average Bonchev–Trinajstić information content (AvgIpc) is 3.41. The lowest BCUT2D eigenvalue weighted by Crippen LogP contribution is -2.32. The van der Waals surface area contributed by atoms with Crippen molar-refractivity contribution in [1.29, 1.82) is 0 Å². The van der Waals surface area contributed by atoms with Crippen LogP contribution in [0.2, 0.25) is 0 Å². The van der Waals surface area contributed by atoms with Gasteiger partial charge in [0.1, 0.15) is 0 Å². The first-order valence-electron chi connectivity index (χ1n) is 8.83. The number of carbonyl (C=O) groups excluding carboxylic acids is 1. The molecule has 0 saturated carbocycles. The van der Waals surface area contributed by atoms with Gasteiger partial charge in [-0.3, -0.25) is 4.79 Å². The van der Waals surface area contributed by atoms with Gasteiger partial charge in [0.2, 0.25) is 0 Å². The van der Waals surface area contributed by atoms with Crippen LogP contribution in [0.1, 0.15) is 34.7 Å². The molecule has 0 bridgehead atoms. The molecule has 0 aromatic carbocycles. The molecule has 9 nitrogen and oxygen atoms in total. The number of aryl methyl sites for hydroxylation is 1. The normalized spacial score (nSPS) is 16.6. The summed E-state index contributed by atoms with van der Waals surface area (Å²) < 4.78 is 12.4. The number of nitrogens with zero attached hydrogens (tertiary/aromatic N) is 5. The van der Waals surface area contributed by atoms with E-state index in [9.17, 15) is 4.79 Å². The molecule has 1 aliphatic heterocycles. The Morgan fingerprint density at radius 3 is 3.04 bits per heavy atom. The maximum absolute atomic E-state index is 12.5.